The molecule has 0 aromatic heterocycles. The summed E-state index contributed by atoms with van der Waals surface area (Å²) in [6, 6.07) is 5.82. The predicted molar refractivity (Wildman–Crippen MR) is 158 cm³/mol. The van der Waals surface area contributed by atoms with Crippen molar-refractivity contribution in [2.75, 3.05) is 19.8 Å². The average Bonchev–Trinajstić information content (AvgIpc) is 3.18. The quantitative estimate of drug-likeness (QED) is 0.121. The summed E-state index contributed by atoms with van der Waals surface area (Å²) in [6.45, 7) is 13.9. The first-order valence-electron chi connectivity index (χ1n) is 14.7. The number of carbonyl (C=O) groups is 1. The summed E-state index contributed by atoms with van der Waals surface area (Å²) in [5.74, 6) is 1.67. The Bertz CT molecular complexity index is 1110. The van der Waals surface area contributed by atoms with Crippen LogP contribution in [0.2, 0.25) is 0 Å². The van der Waals surface area contributed by atoms with Gasteiger partial charge < -0.3 is 18.9 Å². The molecule has 212 valence electrons. The van der Waals surface area contributed by atoms with Crippen LogP contribution < -0.4 is 9.47 Å². The Morgan fingerprint density at radius 1 is 0.974 bits per heavy atom. The van der Waals surface area contributed by atoms with Crippen molar-refractivity contribution < 1.29 is 23.7 Å². The summed E-state index contributed by atoms with van der Waals surface area (Å²) in [5, 5.41) is 0. The third kappa shape index (κ3) is 7.33. The molecule has 1 aromatic rings. The number of esters is 1. The molecule has 1 unspecified atom stereocenters. The SMILES string of the molecule is C=C/C=C\C1=C(C)C(=O)OC12C(=C/CC)/C(=C\COCCCCCC)Oc1cc(OCCCCCC)ccc12. The van der Waals surface area contributed by atoms with Crippen LogP contribution in [0.25, 0.3) is 0 Å². The van der Waals surface area contributed by atoms with Crippen molar-refractivity contribution in [3.05, 3.63) is 83.2 Å². The molecule has 2 aliphatic rings. The van der Waals surface area contributed by atoms with Crippen LogP contribution in [-0.2, 0) is 19.9 Å². The third-order valence-corrected chi connectivity index (χ3v) is 7.13. The first kappa shape index (κ1) is 30.5. The Balaban J connectivity index is 2.01. The molecule has 0 N–H and O–H groups in total. The van der Waals surface area contributed by atoms with Crippen LogP contribution in [0.1, 0.15) is 91.0 Å². The van der Waals surface area contributed by atoms with E-state index < -0.39 is 5.60 Å². The van der Waals surface area contributed by atoms with Gasteiger partial charge in [0.05, 0.1) is 13.2 Å². The highest BCUT2D eigenvalue weighted by Crippen LogP contribution is 2.56. The van der Waals surface area contributed by atoms with E-state index in [0.29, 0.717) is 36.9 Å². The van der Waals surface area contributed by atoms with Crippen molar-refractivity contribution in [1.82, 2.24) is 0 Å². The average molecular weight is 535 g/mol. The second kappa shape index (κ2) is 15.5. The lowest BCUT2D eigenvalue weighted by molar-refractivity contribution is -0.145. The van der Waals surface area contributed by atoms with Gasteiger partial charge in [-0.15, -0.1) is 0 Å². The van der Waals surface area contributed by atoms with Crippen molar-refractivity contribution in [2.24, 2.45) is 0 Å². The highest BCUT2D eigenvalue weighted by atomic mass is 16.6. The summed E-state index contributed by atoms with van der Waals surface area (Å²) >= 11 is 0. The van der Waals surface area contributed by atoms with Gasteiger partial charge in [0.25, 0.3) is 0 Å². The number of hydrogen-bond donors (Lipinski definition) is 0. The fourth-order valence-corrected chi connectivity index (χ4v) is 5.08. The number of unbranched alkanes of at least 4 members (excludes halogenated alkanes) is 6. The van der Waals surface area contributed by atoms with Crippen LogP contribution in [0.4, 0.5) is 0 Å². The maximum Gasteiger partial charge on any atom is 0.335 e. The molecule has 5 nitrogen and oxygen atoms in total. The van der Waals surface area contributed by atoms with Crippen LogP contribution in [-0.4, -0.2) is 25.8 Å². The zero-order valence-corrected chi connectivity index (χ0v) is 24.4. The molecule has 0 aliphatic carbocycles. The Hall–Kier alpha value is -3.05. The first-order chi connectivity index (χ1) is 19.0. The molecule has 0 saturated heterocycles. The van der Waals surface area contributed by atoms with E-state index in [0.717, 1.165) is 48.1 Å². The predicted octanol–water partition coefficient (Wildman–Crippen LogP) is 8.67. The lowest BCUT2D eigenvalue weighted by Gasteiger charge is -2.39. The van der Waals surface area contributed by atoms with Gasteiger partial charge in [0.2, 0.25) is 0 Å². The van der Waals surface area contributed by atoms with E-state index in [-0.39, 0.29) is 5.97 Å². The van der Waals surface area contributed by atoms with E-state index in [1.807, 2.05) is 43.4 Å². The molecule has 1 aromatic carbocycles. The topological polar surface area (TPSA) is 54.0 Å². The Morgan fingerprint density at radius 2 is 1.72 bits per heavy atom. The van der Waals surface area contributed by atoms with Crippen molar-refractivity contribution >= 4 is 5.97 Å². The molecule has 0 bridgehead atoms. The standard InChI is InChI=1S/C34H46O5/c1-6-10-13-15-22-36-24-21-31-29(17-9-4)34(28(18-12-8-3)26(5)33(35)39-34)30-20-19-27(25-32(30)38-31)37-23-16-14-11-7-2/h8,12,17-21,25H,3,6-7,9-11,13-16,22-24H2,1-2,4-5H3/b18-12-,29-17+,31-21+. The zero-order chi connectivity index (χ0) is 28.1. The fourth-order valence-electron chi connectivity index (χ4n) is 5.08. The lowest BCUT2D eigenvalue weighted by atomic mass is 9.75. The Kier molecular flexibility index (Phi) is 12.1. The van der Waals surface area contributed by atoms with Crippen LogP contribution in [0, 0.1) is 0 Å². The first-order valence-corrected chi connectivity index (χ1v) is 14.7. The van der Waals surface area contributed by atoms with Gasteiger partial charge in [-0.1, -0.05) is 90.2 Å². The molecule has 1 atom stereocenters. The lowest BCUT2D eigenvalue weighted by Crippen LogP contribution is -2.37. The number of rotatable bonds is 16. The summed E-state index contributed by atoms with van der Waals surface area (Å²) in [5.41, 5.74) is 1.85. The summed E-state index contributed by atoms with van der Waals surface area (Å²) < 4.78 is 24.8. The molecule has 0 amide bonds. The molecule has 0 radical (unpaired) electrons. The summed E-state index contributed by atoms with van der Waals surface area (Å²) in [4.78, 5) is 13.1. The molecule has 5 heteroatoms. The van der Waals surface area contributed by atoms with Gasteiger partial charge in [-0.25, -0.2) is 4.79 Å². The zero-order valence-electron chi connectivity index (χ0n) is 24.4. The van der Waals surface area contributed by atoms with E-state index in [4.69, 9.17) is 18.9 Å². The maximum absolute atomic E-state index is 13.1. The molecule has 1 spiro atoms. The number of hydrogen-bond acceptors (Lipinski definition) is 5. The fraction of sp³-hybridized carbons (Fsp3) is 0.500. The van der Waals surface area contributed by atoms with E-state index in [1.54, 1.807) is 6.08 Å². The van der Waals surface area contributed by atoms with Crippen molar-refractivity contribution in [3.63, 3.8) is 0 Å². The second-order valence-electron chi connectivity index (χ2n) is 10.1. The van der Waals surface area contributed by atoms with E-state index in [9.17, 15) is 4.79 Å². The number of carbonyl (C=O) groups excluding carboxylic acids is 1. The molecular weight excluding hydrogens is 488 g/mol. The highest BCUT2D eigenvalue weighted by molar-refractivity contribution is 5.95. The van der Waals surface area contributed by atoms with Gasteiger partial charge in [-0.05, 0) is 44.4 Å². The molecule has 2 heterocycles. The normalized spacial score (nSPS) is 20.7. The molecule has 0 fully saturated rings. The smallest absolute Gasteiger partial charge is 0.335 e. The van der Waals surface area contributed by atoms with Gasteiger partial charge in [0.15, 0.2) is 5.60 Å². The van der Waals surface area contributed by atoms with Gasteiger partial charge >= 0.3 is 5.97 Å². The molecular formula is C34H46O5. The molecule has 2 aliphatic heterocycles. The minimum absolute atomic E-state index is 0.337. The van der Waals surface area contributed by atoms with Gasteiger partial charge in [0.1, 0.15) is 17.3 Å². The molecule has 39 heavy (non-hydrogen) atoms. The van der Waals surface area contributed by atoms with E-state index in [2.05, 4.69) is 33.4 Å². The number of allylic oxidation sites excluding steroid dienone is 3. The molecule has 0 saturated carbocycles. The largest absolute Gasteiger partial charge is 0.493 e. The van der Waals surface area contributed by atoms with Crippen molar-refractivity contribution in [3.8, 4) is 11.5 Å². The monoisotopic (exact) mass is 534 g/mol. The second-order valence-corrected chi connectivity index (χ2v) is 10.1. The molecule has 3 rings (SSSR count). The van der Waals surface area contributed by atoms with E-state index >= 15 is 0 Å². The Labute approximate surface area is 235 Å². The number of benzene rings is 1. The van der Waals surface area contributed by atoms with Gasteiger partial charge in [-0.3, -0.25) is 0 Å². The summed E-state index contributed by atoms with van der Waals surface area (Å²) in [7, 11) is 0. The van der Waals surface area contributed by atoms with Crippen LogP contribution in [0.5, 0.6) is 11.5 Å². The van der Waals surface area contributed by atoms with Crippen molar-refractivity contribution in [1.29, 1.82) is 0 Å². The summed E-state index contributed by atoms with van der Waals surface area (Å²) in [6.07, 6.45) is 19.4. The number of fused-ring (bicyclic) bond motifs is 2. The van der Waals surface area contributed by atoms with Crippen LogP contribution in [0.15, 0.2) is 77.6 Å². The highest BCUT2D eigenvalue weighted by Gasteiger charge is 2.54. The van der Waals surface area contributed by atoms with Gasteiger partial charge in [-0.2, -0.15) is 0 Å². The Morgan fingerprint density at radius 3 is 2.41 bits per heavy atom. The van der Waals surface area contributed by atoms with Gasteiger partial charge in [0, 0.05) is 35.0 Å². The van der Waals surface area contributed by atoms with Crippen molar-refractivity contribution in [2.45, 2.75) is 91.1 Å². The van der Waals surface area contributed by atoms with Crippen LogP contribution in [0.3, 0.4) is 0 Å². The van der Waals surface area contributed by atoms with E-state index in [1.165, 1.54) is 32.1 Å². The number of ether oxygens (including phenoxy) is 4. The minimum atomic E-state index is -1.11. The maximum atomic E-state index is 13.1. The van der Waals surface area contributed by atoms with Crippen LogP contribution >= 0.6 is 0 Å². The minimum Gasteiger partial charge on any atom is -0.493 e. The third-order valence-electron chi connectivity index (χ3n) is 7.13.